The second-order valence-electron chi connectivity index (χ2n) is 6.52. The van der Waals surface area contributed by atoms with E-state index in [-0.39, 0.29) is 18.0 Å². The normalized spacial score (nSPS) is 15.9. The van der Waals surface area contributed by atoms with Crippen molar-refractivity contribution in [3.8, 4) is 0 Å². The minimum absolute atomic E-state index is 0.174. The number of nitrogens with two attached hydrogens (primary N) is 1. The Morgan fingerprint density at radius 2 is 1.75 bits per heavy atom. The predicted molar refractivity (Wildman–Crippen MR) is 113 cm³/mol. The first-order valence-corrected chi connectivity index (χ1v) is 9.41. The molecular formula is C21H25N5O2. The number of amides is 2. The number of anilines is 3. The maximum absolute atomic E-state index is 12.7. The van der Waals surface area contributed by atoms with Gasteiger partial charge in [0.25, 0.3) is 5.91 Å². The van der Waals surface area contributed by atoms with E-state index >= 15 is 0 Å². The number of rotatable bonds is 7. The van der Waals surface area contributed by atoms with Crippen LogP contribution in [-0.2, 0) is 9.59 Å². The Labute approximate surface area is 164 Å². The number of carbonyl (C=O) groups excluding carboxylic acids is 2. The summed E-state index contributed by atoms with van der Waals surface area (Å²) in [4.78, 5) is 26.7. The van der Waals surface area contributed by atoms with E-state index in [4.69, 9.17) is 5.73 Å². The first-order chi connectivity index (χ1) is 13.5. The van der Waals surface area contributed by atoms with E-state index in [1.54, 1.807) is 0 Å². The molecule has 0 bridgehead atoms. The second kappa shape index (κ2) is 8.56. The zero-order valence-electron chi connectivity index (χ0n) is 16.1. The van der Waals surface area contributed by atoms with Gasteiger partial charge in [0, 0.05) is 30.9 Å². The highest BCUT2D eigenvalue weighted by Crippen LogP contribution is 2.25. The fourth-order valence-corrected chi connectivity index (χ4v) is 3.24. The van der Waals surface area contributed by atoms with Gasteiger partial charge in [-0.3, -0.25) is 14.6 Å². The van der Waals surface area contributed by atoms with Crippen LogP contribution >= 0.6 is 0 Å². The summed E-state index contributed by atoms with van der Waals surface area (Å²) in [6.07, 6.45) is 0.174. The molecule has 3 rings (SSSR count). The molecule has 0 aliphatic carbocycles. The van der Waals surface area contributed by atoms with Crippen LogP contribution in [0.3, 0.4) is 0 Å². The first-order valence-electron chi connectivity index (χ1n) is 9.41. The summed E-state index contributed by atoms with van der Waals surface area (Å²) < 4.78 is 0. The lowest BCUT2D eigenvalue weighted by Crippen LogP contribution is -2.39. The smallest absolute Gasteiger partial charge is 0.271 e. The maximum atomic E-state index is 12.7. The van der Waals surface area contributed by atoms with Gasteiger partial charge in [-0.2, -0.15) is 5.10 Å². The summed E-state index contributed by atoms with van der Waals surface area (Å²) in [5.74, 6) is -0.848. The highest BCUT2D eigenvalue weighted by atomic mass is 16.2. The Hall–Kier alpha value is -3.35. The van der Waals surface area contributed by atoms with Gasteiger partial charge in [-0.05, 0) is 50.2 Å². The Balaban J connectivity index is 1.74. The van der Waals surface area contributed by atoms with Crippen LogP contribution in [0.5, 0.6) is 0 Å². The number of hydrazone groups is 1. The average Bonchev–Trinajstić information content (AvgIpc) is 3.17. The van der Waals surface area contributed by atoms with Gasteiger partial charge >= 0.3 is 0 Å². The largest absolute Gasteiger partial charge is 0.372 e. The zero-order chi connectivity index (χ0) is 20.1. The van der Waals surface area contributed by atoms with Crippen molar-refractivity contribution in [2.24, 2.45) is 10.8 Å². The van der Waals surface area contributed by atoms with Gasteiger partial charge in [0.15, 0.2) is 0 Å². The van der Waals surface area contributed by atoms with Gasteiger partial charge in [-0.1, -0.05) is 18.2 Å². The van der Waals surface area contributed by atoms with E-state index in [9.17, 15) is 9.59 Å². The van der Waals surface area contributed by atoms with E-state index < -0.39 is 11.9 Å². The molecule has 1 unspecified atom stereocenters. The summed E-state index contributed by atoms with van der Waals surface area (Å²) >= 11 is 0. The summed E-state index contributed by atoms with van der Waals surface area (Å²) in [5.41, 5.74) is 8.30. The van der Waals surface area contributed by atoms with E-state index in [0.29, 0.717) is 5.69 Å². The van der Waals surface area contributed by atoms with Crippen LogP contribution in [0.4, 0.5) is 17.1 Å². The highest BCUT2D eigenvalue weighted by Gasteiger charge is 2.34. The Morgan fingerprint density at radius 3 is 2.32 bits per heavy atom. The third kappa shape index (κ3) is 4.14. The molecule has 0 fully saturated rings. The molecule has 0 spiro atoms. The van der Waals surface area contributed by atoms with Crippen molar-refractivity contribution in [1.82, 2.24) is 0 Å². The molecule has 1 aliphatic heterocycles. The van der Waals surface area contributed by atoms with Crippen molar-refractivity contribution in [2.45, 2.75) is 26.3 Å². The van der Waals surface area contributed by atoms with E-state index in [2.05, 4.69) is 29.2 Å². The van der Waals surface area contributed by atoms with Gasteiger partial charge in [0.1, 0.15) is 11.8 Å². The van der Waals surface area contributed by atoms with Crippen molar-refractivity contribution >= 4 is 34.6 Å². The van der Waals surface area contributed by atoms with E-state index in [1.165, 1.54) is 5.01 Å². The minimum Gasteiger partial charge on any atom is -0.372 e. The van der Waals surface area contributed by atoms with Crippen LogP contribution in [0.25, 0.3) is 0 Å². The Bertz CT molecular complexity index is 860. The second-order valence-corrected chi connectivity index (χ2v) is 6.52. The van der Waals surface area contributed by atoms with Crippen LogP contribution in [0.15, 0.2) is 59.7 Å². The third-order valence-corrected chi connectivity index (χ3v) is 4.78. The average molecular weight is 379 g/mol. The SMILES string of the molecule is CCN(CC)c1ccc(NC(=O)C2=NN(c3ccccc3)C(C(N)=O)C2)cc1. The lowest BCUT2D eigenvalue weighted by molar-refractivity contribution is -0.119. The van der Waals surface area contributed by atoms with Crippen molar-refractivity contribution in [3.63, 3.8) is 0 Å². The molecular weight excluding hydrogens is 354 g/mol. The molecule has 1 aliphatic rings. The number of benzene rings is 2. The number of carbonyl (C=O) groups is 2. The molecule has 0 aromatic heterocycles. The molecule has 1 heterocycles. The molecule has 0 radical (unpaired) electrons. The fourth-order valence-electron chi connectivity index (χ4n) is 3.24. The summed E-state index contributed by atoms with van der Waals surface area (Å²) in [7, 11) is 0. The molecule has 28 heavy (non-hydrogen) atoms. The molecule has 7 heteroatoms. The standard InChI is InChI=1S/C21H25N5O2/c1-3-25(4-2)16-12-10-15(11-13-16)23-21(28)18-14-19(20(22)27)26(24-18)17-8-6-5-7-9-17/h5-13,19H,3-4,14H2,1-2H3,(H2,22,27)(H,23,28). The monoisotopic (exact) mass is 379 g/mol. The molecule has 0 saturated heterocycles. The minimum atomic E-state index is -0.673. The van der Waals surface area contributed by atoms with Crippen molar-refractivity contribution in [1.29, 1.82) is 0 Å². The zero-order valence-corrected chi connectivity index (χ0v) is 16.1. The Kier molecular flexibility index (Phi) is 5.93. The molecule has 2 aromatic carbocycles. The van der Waals surface area contributed by atoms with Crippen molar-refractivity contribution in [2.75, 3.05) is 28.3 Å². The van der Waals surface area contributed by atoms with Crippen LogP contribution in [0.1, 0.15) is 20.3 Å². The van der Waals surface area contributed by atoms with Gasteiger partial charge < -0.3 is 16.0 Å². The molecule has 2 aromatic rings. The summed E-state index contributed by atoms with van der Waals surface area (Å²) in [6, 6.07) is 16.2. The van der Waals surface area contributed by atoms with E-state index in [1.807, 2.05) is 54.6 Å². The van der Waals surface area contributed by atoms with Crippen molar-refractivity contribution in [3.05, 3.63) is 54.6 Å². The van der Waals surface area contributed by atoms with Gasteiger partial charge in [-0.25, -0.2) is 0 Å². The topological polar surface area (TPSA) is 91.0 Å². The number of hydrogen-bond donors (Lipinski definition) is 2. The fraction of sp³-hybridized carbons (Fsp3) is 0.286. The molecule has 3 N–H and O–H groups in total. The van der Waals surface area contributed by atoms with Crippen LogP contribution in [0.2, 0.25) is 0 Å². The molecule has 0 saturated carbocycles. The highest BCUT2D eigenvalue weighted by molar-refractivity contribution is 6.44. The number of hydrogen-bond acceptors (Lipinski definition) is 5. The first kappa shape index (κ1) is 19.4. The van der Waals surface area contributed by atoms with E-state index in [0.717, 1.165) is 24.5 Å². The number of nitrogens with zero attached hydrogens (tertiary/aromatic N) is 3. The lowest BCUT2D eigenvalue weighted by atomic mass is 10.1. The number of para-hydroxylation sites is 1. The summed E-state index contributed by atoms with van der Waals surface area (Å²) in [5, 5.41) is 8.72. The maximum Gasteiger partial charge on any atom is 0.271 e. The third-order valence-electron chi connectivity index (χ3n) is 4.78. The van der Waals surface area contributed by atoms with Gasteiger partial charge in [0.05, 0.1) is 5.69 Å². The van der Waals surface area contributed by atoms with Crippen LogP contribution in [0, 0.1) is 0 Å². The Morgan fingerprint density at radius 1 is 1.11 bits per heavy atom. The molecule has 7 nitrogen and oxygen atoms in total. The van der Waals surface area contributed by atoms with Gasteiger partial charge in [0.2, 0.25) is 5.91 Å². The van der Waals surface area contributed by atoms with Crippen LogP contribution < -0.4 is 21.0 Å². The quantitative estimate of drug-likeness (QED) is 0.774. The molecule has 146 valence electrons. The predicted octanol–water partition coefficient (Wildman–Crippen LogP) is 2.59. The van der Waals surface area contributed by atoms with Crippen molar-refractivity contribution < 1.29 is 9.59 Å². The number of nitrogens with one attached hydrogen (secondary N) is 1. The lowest BCUT2D eigenvalue weighted by Gasteiger charge is -2.21. The number of primary amides is 1. The molecule has 2 amide bonds. The molecule has 1 atom stereocenters. The van der Waals surface area contributed by atoms with Gasteiger partial charge in [-0.15, -0.1) is 0 Å². The summed E-state index contributed by atoms with van der Waals surface area (Å²) in [6.45, 7) is 6.04. The van der Waals surface area contributed by atoms with Crippen LogP contribution in [-0.4, -0.2) is 36.7 Å².